The first-order valence-electron chi connectivity index (χ1n) is 6.99. The Morgan fingerprint density at radius 1 is 1.14 bits per heavy atom. The lowest BCUT2D eigenvalue weighted by molar-refractivity contribution is 0.367. The number of sulfone groups is 1. The minimum absolute atomic E-state index is 0.213. The second kappa shape index (κ2) is 5.59. The molecule has 2 aromatic carbocycles. The van der Waals surface area contributed by atoms with Crippen LogP contribution in [-0.2, 0) is 16.4 Å². The minimum atomic E-state index is -3.38. The summed E-state index contributed by atoms with van der Waals surface area (Å²) >= 11 is 0. The van der Waals surface area contributed by atoms with Crippen molar-refractivity contribution < 1.29 is 13.2 Å². The zero-order valence-corrected chi connectivity index (χ0v) is 13.1. The first-order valence-corrected chi connectivity index (χ1v) is 8.53. The monoisotopic (exact) mass is 315 g/mol. The van der Waals surface area contributed by atoms with Crippen molar-refractivity contribution >= 4 is 15.4 Å². The average Bonchev–Trinajstić information content (AvgIpc) is 2.77. The number of aryl methyl sites for hydroxylation is 1. The van der Waals surface area contributed by atoms with Crippen LogP contribution in [0.15, 0.2) is 52.8 Å². The zero-order valence-electron chi connectivity index (χ0n) is 12.2. The Kier molecular flexibility index (Phi) is 3.76. The third-order valence-electron chi connectivity index (χ3n) is 3.71. The molecule has 0 aromatic heterocycles. The van der Waals surface area contributed by atoms with Gasteiger partial charge in [0.15, 0.2) is 0 Å². The van der Waals surface area contributed by atoms with E-state index in [2.05, 4.69) is 0 Å². The number of fused-ring (bicyclic) bond motifs is 1. The topological polar surface area (TPSA) is 69.4 Å². The summed E-state index contributed by atoms with van der Waals surface area (Å²) < 4.78 is 30.1. The van der Waals surface area contributed by atoms with Crippen molar-refractivity contribution in [3.63, 3.8) is 0 Å². The fourth-order valence-corrected chi connectivity index (χ4v) is 3.95. The van der Waals surface area contributed by atoms with Gasteiger partial charge in [-0.25, -0.2) is 8.42 Å². The van der Waals surface area contributed by atoms with E-state index in [1.807, 2.05) is 37.3 Å². The maximum atomic E-state index is 12.2. The molecule has 0 radical (unpaired) electrons. The third-order valence-corrected chi connectivity index (χ3v) is 5.27. The van der Waals surface area contributed by atoms with Gasteiger partial charge in [-0.1, -0.05) is 24.3 Å². The van der Waals surface area contributed by atoms with Crippen molar-refractivity contribution in [2.45, 2.75) is 18.4 Å². The van der Waals surface area contributed by atoms with Crippen molar-refractivity contribution in [3.05, 3.63) is 64.6 Å². The normalized spacial score (nSPS) is 15.3. The quantitative estimate of drug-likeness (QED) is 0.941. The van der Waals surface area contributed by atoms with Crippen LogP contribution in [0.2, 0.25) is 0 Å². The van der Waals surface area contributed by atoms with Gasteiger partial charge in [0.25, 0.3) is 0 Å². The van der Waals surface area contributed by atoms with Gasteiger partial charge in [0, 0.05) is 23.1 Å². The van der Waals surface area contributed by atoms with Crippen LogP contribution in [0.5, 0.6) is 5.75 Å². The van der Waals surface area contributed by atoms with Crippen LogP contribution in [0.25, 0.3) is 5.57 Å². The molecule has 2 aromatic rings. The Labute approximate surface area is 130 Å². The molecule has 1 aliphatic rings. The number of hydrogen-bond donors (Lipinski definition) is 1. The molecule has 0 aliphatic carbocycles. The van der Waals surface area contributed by atoms with E-state index in [1.54, 1.807) is 12.1 Å². The lowest BCUT2D eigenvalue weighted by Gasteiger charge is -2.10. The van der Waals surface area contributed by atoms with Crippen LogP contribution >= 0.6 is 0 Å². The number of para-hydroxylation sites is 1. The second-order valence-electron chi connectivity index (χ2n) is 5.28. The molecule has 0 saturated heterocycles. The van der Waals surface area contributed by atoms with Gasteiger partial charge < -0.3 is 10.5 Å². The molecule has 5 heteroatoms. The van der Waals surface area contributed by atoms with Crippen molar-refractivity contribution in [1.82, 2.24) is 0 Å². The molecule has 0 unspecified atom stereocenters. The fourth-order valence-electron chi connectivity index (χ4n) is 2.50. The first kappa shape index (κ1) is 14.8. The van der Waals surface area contributed by atoms with E-state index in [0.717, 1.165) is 16.9 Å². The molecule has 0 atom stereocenters. The summed E-state index contributed by atoms with van der Waals surface area (Å²) in [5.74, 6) is 0.754. The fraction of sp³-hybridized carbons (Fsp3) is 0.176. The highest BCUT2D eigenvalue weighted by Crippen LogP contribution is 2.34. The summed E-state index contributed by atoms with van der Waals surface area (Å²) in [5.41, 5.74) is 8.91. The summed E-state index contributed by atoms with van der Waals surface area (Å²) in [4.78, 5) is 0.327. The Morgan fingerprint density at radius 2 is 1.91 bits per heavy atom. The van der Waals surface area contributed by atoms with E-state index in [9.17, 15) is 8.42 Å². The van der Waals surface area contributed by atoms with Crippen LogP contribution < -0.4 is 10.5 Å². The number of ether oxygens (including phenoxy) is 1. The standard InChI is InChI=1S/C17H17NO3S/c1-12-4-2-3-5-16(12)21-10-14-11-22(19,20)17-7-6-13(9-18)8-15(14)17/h2-8,11H,9-10,18H2,1H3. The van der Waals surface area contributed by atoms with Gasteiger partial charge in [0.1, 0.15) is 12.4 Å². The SMILES string of the molecule is Cc1ccccc1OCC1=CS(=O)(=O)c2ccc(CN)cc21. The van der Waals surface area contributed by atoms with Crippen molar-refractivity contribution in [2.24, 2.45) is 5.73 Å². The third kappa shape index (κ3) is 2.65. The van der Waals surface area contributed by atoms with E-state index < -0.39 is 9.84 Å². The van der Waals surface area contributed by atoms with Gasteiger partial charge in [-0.15, -0.1) is 0 Å². The van der Waals surface area contributed by atoms with Gasteiger partial charge in [-0.05, 0) is 36.2 Å². The molecule has 114 valence electrons. The van der Waals surface area contributed by atoms with E-state index in [0.29, 0.717) is 22.6 Å². The minimum Gasteiger partial charge on any atom is -0.489 e. The maximum Gasteiger partial charge on any atom is 0.200 e. The summed E-state index contributed by atoms with van der Waals surface area (Å²) in [7, 11) is -3.38. The van der Waals surface area contributed by atoms with E-state index in [4.69, 9.17) is 10.5 Å². The lowest BCUT2D eigenvalue weighted by atomic mass is 10.1. The van der Waals surface area contributed by atoms with Crippen molar-refractivity contribution in [3.8, 4) is 5.75 Å². The van der Waals surface area contributed by atoms with Crippen LogP contribution in [0, 0.1) is 6.92 Å². The van der Waals surface area contributed by atoms with Gasteiger partial charge >= 0.3 is 0 Å². The maximum absolute atomic E-state index is 12.2. The highest BCUT2D eigenvalue weighted by molar-refractivity contribution is 7.95. The van der Waals surface area contributed by atoms with Gasteiger partial charge in [-0.2, -0.15) is 0 Å². The Morgan fingerprint density at radius 3 is 2.64 bits per heavy atom. The molecule has 0 bridgehead atoms. The van der Waals surface area contributed by atoms with Crippen LogP contribution in [0.4, 0.5) is 0 Å². The summed E-state index contributed by atoms with van der Waals surface area (Å²) in [6.07, 6.45) is 0. The van der Waals surface area contributed by atoms with E-state index in [-0.39, 0.29) is 6.61 Å². The molecule has 4 nitrogen and oxygen atoms in total. The predicted octanol–water partition coefficient (Wildman–Crippen LogP) is 2.66. The van der Waals surface area contributed by atoms with Crippen LogP contribution in [0.3, 0.4) is 0 Å². The Balaban J connectivity index is 1.91. The first-order chi connectivity index (χ1) is 10.5. The molecular weight excluding hydrogens is 298 g/mol. The van der Waals surface area contributed by atoms with Crippen LogP contribution in [0.1, 0.15) is 16.7 Å². The Hall–Kier alpha value is -2.11. The van der Waals surface area contributed by atoms with Crippen LogP contribution in [-0.4, -0.2) is 15.0 Å². The smallest absolute Gasteiger partial charge is 0.200 e. The molecule has 1 aliphatic heterocycles. The molecule has 2 N–H and O–H groups in total. The lowest BCUT2D eigenvalue weighted by Crippen LogP contribution is -2.02. The molecule has 3 rings (SSSR count). The highest BCUT2D eigenvalue weighted by atomic mass is 32.2. The number of benzene rings is 2. The predicted molar refractivity (Wildman–Crippen MR) is 86.2 cm³/mol. The average molecular weight is 315 g/mol. The highest BCUT2D eigenvalue weighted by Gasteiger charge is 2.27. The number of hydrogen-bond acceptors (Lipinski definition) is 4. The summed E-state index contributed by atoms with van der Waals surface area (Å²) in [6, 6.07) is 12.8. The molecule has 0 spiro atoms. The largest absolute Gasteiger partial charge is 0.489 e. The molecule has 0 amide bonds. The second-order valence-corrected chi connectivity index (χ2v) is 7.04. The van der Waals surface area contributed by atoms with Gasteiger partial charge in [-0.3, -0.25) is 0 Å². The van der Waals surface area contributed by atoms with Crippen molar-refractivity contribution in [2.75, 3.05) is 6.61 Å². The number of rotatable bonds is 4. The van der Waals surface area contributed by atoms with Gasteiger partial charge in [0.2, 0.25) is 9.84 Å². The van der Waals surface area contributed by atoms with E-state index >= 15 is 0 Å². The summed E-state index contributed by atoms with van der Waals surface area (Å²) in [6.45, 7) is 2.54. The van der Waals surface area contributed by atoms with E-state index in [1.165, 1.54) is 5.41 Å². The summed E-state index contributed by atoms with van der Waals surface area (Å²) in [5, 5.41) is 1.29. The zero-order chi connectivity index (χ0) is 15.7. The van der Waals surface area contributed by atoms with Gasteiger partial charge in [0.05, 0.1) is 4.90 Å². The molecule has 1 heterocycles. The number of nitrogens with two attached hydrogens (primary N) is 1. The van der Waals surface area contributed by atoms with Crippen molar-refractivity contribution in [1.29, 1.82) is 0 Å². The molecule has 22 heavy (non-hydrogen) atoms. The molecule has 0 saturated carbocycles. The Bertz CT molecular complexity index is 854. The molecule has 0 fully saturated rings. The molecular formula is C17H17NO3S.